The van der Waals surface area contributed by atoms with Crippen molar-refractivity contribution in [2.45, 2.75) is 37.5 Å². The van der Waals surface area contributed by atoms with Gasteiger partial charge in [0, 0.05) is 29.3 Å². The molecule has 0 bridgehead atoms. The van der Waals surface area contributed by atoms with E-state index in [0.717, 1.165) is 24.6 Å². The highest BCUT2D eigenvalue weighted by Crippen LogP contribution is 2.36. The van der Waals surface area contributed by atoms with Gasteiger partial charge in [-0.15, -0.1) is 0 Å². The number of carbonyl (C=O) groups is 1. The zero-order valence-corrected chi connectivity index (χ0v) is 13.4. The number of nitrogens with one attached hydrogen (secondary N) is 1. The molecule has 1 aliphatic heterocycles. The van der Waals surface area contributed by atoms with Crippen LogP contribution in [0.25, 0.3) is 11.0 Å². The summed E-state index contributed by atoms with van der Waals surface area (Å²) >= 11 is 5.96. The number of hydrogen-bond donors (Lipinski definition) is 1. The molecule has 6 heteroatoms. The van der Waals surface area contributed by atoms with Crippen LogP contribution < -0.4 is 5.32 Å². The van der Waals surface area contributed by atoms with Gasteiger partial charge in [-0.05, 0) is 37.1 Å². The van der Waals surface area contributed by atoms with E-state index in [4.69, 9.17) is 25.5 Å². The number of benzene rings is 1. The minimum atomic E-state index is -0.502. The second-order valence-corrected chi connectivity index (χ2v) is 6.60. The van der Waals surface area contributed by atoms with Crippen molar-refractivity contribution in [1.82, 2.24) is 5.32 Å². The Balaban J connectivity index is 1.48. The van der Waals surface area contributed by atoms with Crippen molar-refractivity contribution >= 4 is 28.5 Å². The summed E-state index contributed by atoms with van der Waals surface area (Å²) in [6, 6.07) is 7.05. The van der Waals surface area contributed by atoms with Crippen molar-refractivity contribution in [2.24, 2.45) is 0 Å². The number of amides is 1. The average molecular weight is 336 g/mol. The summed E-state index contributed by atoms with van der Waals surface area (Å²) in [6.45, 7) is 1.26. The third kappa shape index (κ3) is 2.96. The molecule has 1 saturated heterocycles. The van der Waals surface area contributed by atoms with Crippen LogP contribution >= 0.6 is 11.6 Å². The van der Waals surface area contributed by atoms with Crippen LogP contribution in [0, 0.1) is 0 Å². The highest BCUT2D eigenvalue weighted by molar-refractivity contribution is 6.31. The second kappa shape index (κ2) is 5.82. The Kier molecular flexibility index (Phi) is 3.79. The summed E-state index contributed by atoms with van der Waals surface area (Å²) < 4.78 is 17.1. The molecule has 1 aliphatic carbocycles. The Morgan fingerprint density at radius 2 is 2.09 bits per heavy atom. The van der Waals surface area contributed by atoms with Crippen molar-refractivity contribution < 1.29 is 18.7 Å². The SMILES string of the molecule is O=C(N[C@@H]1CCCC2(C1)OCCO2)c1cc2cc(Cl)ccc2o1. The van der Waals surface area contributed by atoms with Gasteiger partial charge >= 0.3 is 0 Å². The minimum Gasteiger partial charge on any atom is -0.451 e. The van der Waals surface area contributed by atoms with Gasteiger partial charge in [0.15, 0.2) is 11.5 Å². The Bertz CT molecular complexity index is 735. The molecule has 5 nitrogen and oxygen atoms in total. The van der Waals surface area contributed by atoms with Gasteiger partial charge in [0.2, 0.25) is 0 Å². The lowest BCUT2D eigenvalue weighted by molar-refractivity contribution is -0.181. The monoisotopic (exact) mass is 335 g/mol. The number of halogens is 1. The normalized spacial score (nSPS) is 23.4. The molecule has 23 heavy (non-hydrogen) atoms. The quantitative estimate of drug-likeness (QED) is 0.912. The van der Waals surface area contributed by atoms with Gasteiger partial charge in [-0.1, -0.05) is 11.6 Å². The summed E-state index contributed by atoms with van der Waals surface area (Å²) in [7, 11) is 0. The highest BCUT2D eigenvalue weighted by Gasteiger charge is 2.41. The Morgan fingerprint density at radius 1 is 1.26 bits per heavy atom. The van der Waals surface area contributed by atoms with E-state index in [2.05, 4.69) is 5.32 Å². The lowest BCUT2D eigenvalue weighted by Crippen LogP contribution is -2.46. The summed E-state index contributed by atoms with van der Waals surface area (Å²) in [5.74, 6) is -0.412. The first kappa shape index (κ1) is 15.0. The molecule has 2 aromatic rings. The lowest BCUT2D eigenvalue weighted by atomic mass is 9.89. The van der Waals surface area contributed by atoms with E-state index in [1.807, 2.05) is 0 Å². The molecule has 2 aliphatic rings. The van der Waals surface area contributed by atoms with Crippen LogP contribution in [-0.2, 0) is 9.47 Å². The Hall–Kier alpha value is -1.56. The van der Waals surface area contributed by atoms with Crippen LogP contribution in [-0.4, -0.2) is 30.9 Å². The van der Waals surface area contributed by atoms with Gasteiger partial charge in [-0.25, -0.2) is 0 Å². The summed E-state index contributed by atoms with van der Waals surface area (Å²) in [5.41, 5.74) is 0.655. The maximum Gasteiger partial charge on any atom is 0.287 e. The van der Waals surface area contributed by atoms with Crippen molar-refractivity contribution in [3.05, 3.63) is 35.0 Å². The van der Waals surface area contributed by atoms with Crippen molar-refractivity contribution in [1.29, 1.82) is 0 Å². The van der Waals surface area contributed by atoms with Crippen LogP contribution in [0.5, 0.6) is 0 Å². The number of ether oxygens (including phenoxy) is 2. The first-order valence-electron chi connectivity index (χ1n) is 7.91. The molecule has 2 heterocycles. The van der Waals surface area contributed by atoms with Gasteiger partial charge in [-0.3, -0.25) is 4.79 Å². The molecule has 1 aromatic carbocycles. The molecule has 1 saturated carbocycles. The predicted molar refractivity (Wildman–Crippen MR) is 85.6 cm³/mol. The van der Waals surface area contributed by atoms with Crippen molar-refractivity contribution in [3.63, 3.8) is 0 Å². The largest absolute Gasteiger partial charge is 0.451 e. The molecule has 1 aromatic heterocycles. The lowest BCUT2D eigenvalue weighted by Gasteiger charge is -2.36. The molecule has 1 atom stereocenters. The molecule has 122 valence electrons. The highest BCUT2D eigenvalue weighted by atomic mass is 35.5. The number of hydrogen-bond acceptors (Lipinski definition) is 4. The summed E-state index contributed by atoms with van der Waals surface area (Å²) in [4.78, 5) is 12.5. The van der Waals surface area contributed by atoms with Crippen molar-refractivity contribution in [3.8, 4) is 0 Å². The fraction of sp³-hybridized carbons (Fsp3) is 0.471. The fourth-order valence-corrected chi connectivity index (χ4v) is 3.64. The third-order valence-electron chi connectivity index (χ3n) is 4.52. The maximum atomic E-state index is 12.5. The van der Waals surface area contributed by atoms with E-state index < -0.39 is 5.79 Å². The number of rotatable bonds is 2. The van der Waals surface area contributed by atoms with Crippen LogP contribution in [0.3, 0.4) is 0 Å². The Morgan fingerprint density at radius 3 is 2.91 bits per heavy atom. The molecule has 0 radical (unpaired) electrons. The zero-order valence-electron chi connectivity index (χ0n) is 12.6. The van der Waals surface area contributed by atoms with Gasteiger partial charge in [-0.2, -0.15) is 0 Å². The molecular weight excluding hydrogens is 318 g/mol. The van der Waals surface area contributed by atoms with E-state index in [-0.39, 0.29) is 11.9 Å². The summed E-state index contributed by atoms with van der Waals surface area (Å²) in [5, 5.41) is 4.48. The first-order valence-corrected chi connectivity index (χ1v) is 8.29. The van der Waals surface area contributed by atoms with Gasteiger partial charge in [0.05, 0.1) is 13.2 Å². The average Bonchev–Trinajstić information content (AvgIpc) is 3.14. The van der Waals surface area contributed by atoms with Gasteiger partial charge < -0.3 is 19.2 Å². The molecule has 4 rings (SSSR count). The van der Waals surface area contributed by atoms with Crippen LogP contribution in [0.4, 0.5) is 0 Å². The molecule has 1 amide bonds. The maximum absolute atomic E-state index is 12.5. The van der Waals surface area contributed by atoms with E-state index >= 15 is 0 Å². The number of fused-ring (bicyclic) bond motifs is 1. The number of furan rings is 1. The van der Waals surface area contributed by atoms with E-state index in [9.17, 15) is 4.79 Å². The van der Waals surface area contributed by atoms with Crippen LogP contribution in [0.1, 0.15) is 36.2 Å². The van der Waals surface area contributed by atoms with Crippen LogP contribution in [0.2, 0.25) is 5.02 Å². The number of carbonyl (C=O) groups excluding carboxylic acids is 1. The third-order valence-corrected chi connectivity index (χ3v) is 4.75. The van der Waals surface area contributed by atoms with Gasteiger partial charge in [0.25, 0.3) is 5.91 Å². The molecule has 1 spiro atoms. The second-order valence-electron chi connectivity index (χ2n) is 6.17. The zero-order chi connectivity index (χ0) is 15.9. The minimum absolute atomic E-state index is 0.0335. The van der Waals surface area contributed by atoms with E-state index in [0.29, 0.717) is 36.0 Å². The van der Waals surface area contributed by atoms with E-state index in [1.165, 1.54) is 0 Å². The topological polar surface area (TPSA) is 60.7 Å². The molecule has 1 N–H and O–H groups in total. The van der Waals surface area contributed by atoms with E-state index in [1.54, 1.807) is 24.3 Å². The molecule has 2 fully saturated rings. The fourth-order valence-electron chi connectivity index (χ4n) is 3.46. The summed E-state index contributed by atoms with van der Waals surface area (Å²) in [6.07, 6.45) is 3.47. The Labute approximate surface area is 138 Å². The first-order chi connectivity index (χ1) is 11.1. The van der Waals surface area contributed by atoms with Crippen molar-refractivity contribution in [2.75, 3.05) is 13.2 Å². The smallest absolute Gasteiger partial charge is 0.287 e. The molecule has 0 unspecified atom stereocenters. The standard InChI is InChI=1S/C17H18ClNO4/c18-12-3-4-14-11(8-12)9-15(23-14)16(20)19-13-2-1-5-17(10-13)21-6-7-22-17/h3-4,8-9,13H,1-2,5-7,10H2,(H,19,20)/t13-/m1/s1. The molecular formula is C17H18ClNO4. The van der Waals surface area contributed by atoms with Gasteiger partial charge in [0.1, 0.15) is 5.58 Å². The predicted octanol–water partition coefficient (Wildman–Crippen LogP) is 3.50. The van der Waals surface area contributed by atoms with Crippen LogP contribution in [0.15, 0.2) is 28.7 Å².